The van der Waals surface area contributed by atoms with E-state index < -0.39 is 0 Å². The summed E-state index contributed by atoms with van der Waals surface area (Å²) in [6.07, 6.45) is 8.38. The van der Waals surface area contributed by atoms with E-state index in [4.69, 9.17) is 16.3 Å². The topological polar surface area (TPSA) is 108 Å². The van der Waals surface area contributed by atoms with E-state index in [1.807, 2.05) is 19.3 Å². The number of hydrogen-bond donors (Lipinski definition) is 4. The number of fused-ring (bicyclic) bond motifs is 1. The predicted octanol–water partition coefficient (Wildman–Crippen LogP) is 3.08. The fourth-order valence-corrected chi connectivity index (χ4v) is 6.53. The summed E-state index contributed by atoms with van der Waals surface area (Å²) in [4.78, 5) is 23.2. The van der Waals surface area contributed by atoms with Crippen LogP contribution in [0.15, 0.2) is 34.6 Å². The van der Waals surface area contributed by atoms with Crippen LogP contribution in [0.25, 0.3) is 5.57 Å². The van der Waals surface area contributed by atoms with Crippen LogP contribution < -0.4 is 20.9 Å². The minimum absolute atomic E-state index is 0.112. The van der Waals surface area contributed by atoms with Gasteiger partial charge in [0.1, 0.15) is 5.84 Å². The number of aryl methyl sites for hydroxylation is 1. The number of carbonyl (C=O) groups is 1. The number of allylic oxidation sites excluding steroid dienone is 1. The Hall–Kier alpha value is -3.08. The van der Waals surface area contributed by atoms with Gasteiger partial charge in [-0.15, -0.1) is 0 Å². The maximum atomic E-state index is 12.6. The number of likely N-dealkylation sites (tertiary alicyclic amines) is 1. The first-order valence-electron chi connectivity index (χ1n) is 14.7. The second-order valence-electron chi connectivity index (χ2n) is 11.2. The molecular formula is C30H43ClN8O2. The molecule has 4 aliphatic rings. The molecule has 0 spiro atoms. The summed E-state index contributed by atoms with van der Waals surface area (Å²) in [5.74, 6) is 0.441. The third kappa shape index (κ3) is 6.39. The number of carbonyl (C=O) groups excluding carboxylic acids is 1. The fourth-order valence-electron chi connectivity index (χ4n) is 6.26. The lowest BCUT2D eigenvalue weighted by Gasteiger charge is -2.42. The van der Waals surface area contributed by atoms with Crippen LogP contribution in [0.2, 0.25) is 5.02 Å². The third-order valence-corrected chi connectivity index (χ3v) is 8.93. The number of nitrogens with zero attached hydrogens (tertiary/aromatic N) is 4. The van der Waals surface area contributed by atoms with Crippen LogP contribution in [0.1, 0.15) is 36.8 Å². The molecule has 41 heavy (non-hydrogen) atoms. The van der Waals surface area contributed by atoms with Crippen LogP contribution in [0.4, 0.5) is 10.5 Å². The minimum atomic E-state index is -0.112. The number of anilines is 1. The maximum absolute atomic E-state index is 12.6. The summed E-state index contributed by atoms with van der Waals surface area (Å²) in [6.45, 7) is 5.58. The van der Waals surface area contributed by atoms with Crippen LogP contribution in [-0.4, -0.2) is 107 Å². The van der Waals surface area contributed by atoms with Crippen molar-refractivity contribution in [3.05, 3.63) is 45.8 Å². The minimum Gasteiger partial charge on any atom is -0.393 e. The SMILES string of the molecule is CN=C/C(=C\NC)c1cc2c(cc1Cl)N(C(=N)C1=C(NC3CCN(C4COC4)CC3)CCN(C(=O)NC)C1)CCC2. The van der Waals surface area contributed by atoms with Gasteiger partial charge in [-0.3, -0.25) is 15.3 Å². The largest absolute Gasteiger partial charge is 0.393 e. The number of nitrogens with one attached hydrogen (secondary N) is 4. The van der Waals surface area contributed by atoms with Crippen LogP contribution in [-0.2, 0) is 11.2 Å². The van der Waals surface area contributed by atoms with E-state index in [9.17, 15) is 10.2 Å². The highest BCUT2D eigenvalue weighted by molar-refractivity contribution is 6.34. The average Bonchev–Trinajstić information content (AvgIpc) is 2.96. The number of urea groups is 1. The number of rotatable bonds is 7. The molecule has 1 aromatic carbocycles. The maximum Gasteiger partial charge on any atom is 0.317 e. The van der Waals surface area contributed by atoms with Gasteiger partial charge < -0.3 is 30.5 Å². The molecule has 0 aliphatic carbocycles. The van der Waals surface area contributed by atoms with Gasteiger partial charge in [0.25, 0.3) is 0 Å². The van der Waals surface area contributed by atoms with Crippen LogP contribution >= 0.6 is 11.6 Å². The van der Waals surface area contributed by atoms with Crippen LogP contribution in [0.3, 0.4) is 0 Å². The molecule has 0 bridgehead atoms. The van der Waals surface area contributed by atoms with E-state index in [0.717, 1.165) is 92.2 Å². The fraction of sp³-hybridized carbons (Fsp3) is 0.567. The summed E-state index contributed by atoms with van der Waals surface area (Å²) >= 11 is 6.85. The standard InChI is InChI=1S/C30H43ClN8O2/c1-33-15-21(16-34-2)24-13-20-5-4-9-39(28(20)14-26(24)31)29(32)25-17-38(30(40)35-3)12-8-27(25)36-22-6-10-37(11-7-22)23-18-41-19-23/h13-16,22-23,32-33,36H,4-12,17-19H2,1-3H3,(H,35,40)/b21-15+,32-29?,34-16?. The van der Waals surface area contributed by atoms with Gasteiger partial charge in [0.2, 0.25) is 0 Å². The van der Waals surface area contributed by atoms with E-state index in [1.165, 1.54) is 0 Å². The van der Waals surface area contributed by atoms with E-state index in [2.05, 4.69) is 36.8 Å². The molecule has 0 radical (unpaired) electrons. The summed E-state index contributed by atoms with van der Waals surface area (Å²) in [5.41, 5.74) is 5.93. The first-order chi connectivity index (χ1) is 19.9. The summed E-state index contributed by atoms with van der Waals surface area (Å²) in [6, 6.07) is 4.94. The molecule has 11 heteroatoms. The number of aliphatic imine (C=N–C) groups is 1. The molecule has 5 rings (SSSR count). The Morgan fingerprint density at radius 1 is 1.15 bits per heavy atom. The van der Waals surface area contributed by atoms with Gasteiger partial charge in [-0.2, -0.15) is 0 Å². The molecule has 0 atom stereocenters. The monoisotopic (exact) mass is 582 g/mol. The van der Waals surface area contributed by atoms with Gasteiger partial charge in [-0.25, -0.2) is 4.79 Å². The number of amidine groups is 1. The van der Waals surface area contributed by atoms with Crippen LogP contribution in [0, 0.1) is 5.41 Å². The van der Waals surface area contributed by atoms with Gasteiger partial charge in [-0.1, -0.05) is 11.6 Å². The highest BCUT2D eigenvalue weighted by Gasteiger charge is 2.33. The summed E-state index contributed by atoms with van der Waals surface area (Å²) < 4.78 is 5.40. The Bertz CT molecular complexity index is 1230. The van der Waals surface area contributed by atoms with E-state index in [-0.39, 0.29) is 6.03 Å². The van der Waals surface area contributed by atoms with Crippen molar-refractivity contribution in [2.75, 3.05) is 72.0 Å². The van der Waals surface area contributed by atoms with Crippen LogP contribution in [0.5, 0.6) is 0 Å². The molecule has 0 saturated carbocycles. The molecule has 4 aliphatic heterocycles. The second-order valence-corrected chi connectivity index (χ2v) is 11.6. The molecule has 2 fully saturated rings. The zero-order valence-electron chi connectivity index (χ0n) is 24.4. The summed E-state index contributed by atoms with van der Waals surface area (Å²) in [7, 11) is 5.26. The Labute approximate surface area is 248 Å². The van der Waals surface area contributed by atoms with Crippen molar-refractivity contribution in [1.82, 2.24) is 25.8 Å². The third-order valence-electron chi connectivity index (χ3n) is 8.61. The van der Waals surface area contributed by atoms with Crippen molar-refractivity contribution in [3.8, 4) is 0 Å². The zero-order chi connectivity index (χ0) is 28.9. The highest BCUT2D eigenvalue weighted by Crippen LogP contribution is 2.36. The smallest absolute Gasteiger partial charge is 0.317 e. The van der Waals surface area contributed by atoms with Crippen molar-refractivity contribution in [2.45, 2.75) is 44.2 Å². The molecule has 0 aromatic heterocycles. The van der Waals surface area contributed by atoms with Crippen molar-refractivity contribution < 1.29 is 9.53 Å². The Morgan fingerprint density at radius 2 is 1.93 bits per heavy atom. The first-order valence-corrected chi connectivity index (χ1v) is 15.1. The molecule has 2 saturated heterocycles. The number of hydrogen-bond acceptors (Lipinski definition) is 7. The number of amides is 2. The molecule has 4 N–H and O–H groups in total. The van der Waals surface area contributed by atoms with Gasteiger partial charge in [0.05, 0.1) is 30.8 Å². The van der Waals surface area contributed by atoms with E-state index >= 15 is 0 Å². The zero-order valence-corrected chi connectivity index (χ0v) is 25.2. The van der Waals surface area contributed by atoms with Gasteiger partial charge in [0.15, 0.2) is 0 Å². The first kappa shape index (κ1) is 29.4. The van der Waals surface area contributed by atoms with Gasteiger partial charge >= 0.3 is 6.03 Å². The molecule has 0 unspecified atom stereocenters. The van der Waals surface area contributed by atoms with E-state index in [0.29, 0.717) is 42.5 Å². The van der Waals surface area contributed by atoms with Crippen molar-refractivity contribution in [3.63, 3.8) is 0 Å². The van der Waals surface area contributed by atoms with E-state index in [1.54, 1.807) is 25.2 Å². The lowest BCUT2D eigenvalue weighted by molar-refractivity contribution is -0.0717. The van der Waals surface area contributed by atoms with Crippen molar-refractivity contribution in [2.24, 2.45) is 4.99 Å². The van der Waals surface area contributed by atoms with Gasteiger partial charge in [-0.05, 0) is 43.4 Å². The predicted molar refractivity (Wildman–Crippen MR) is 166 cm³/mol. The average molecular weight is 583 g/mol. The Morgan fingerprint density at radius 3 is 2.59 bits per heavy atom. The van der Waals surface area contributed by atoms with Crippen molar-refractivity contribution >= 4 is 40.9 Å². The van der Waals surface area contributed by atoms with Gasteiger partial charge in [0, 0.05) is 100 Å². The molecular weight excluding hydrogens is 540 g/mol. The molecule has 1 aromatic rings. The van der Waals surface area contributed by atoms with Crippen molar-refractivity contribution in [1.29, 1.82) is 5.41 Å². The number of halogens is 1. The lowest BCUT2D eigenvalue weighted by Crippen LogP contribution is -2.54. The Kier molecular flexibility index (Phi) is 9.52. The molecule has 222 valence electrons. The Balaban J connectivity index is 1.41. The number of ether oxygens (including phenoxy) is 1. The molecule has 4 heterocycles. The lowest BCUT2D eigenvalue weighted by atomic mass is 9.94. The normalized spacial score (nSPS) is 21.1. The summed E-state index contributed by atoms with van der Waals surface area (Å²) in [5, 5.41) is 19.8. The number of benzene rings is 1. The highest BCUT2D eigenvalue weighted by atomic mass is 35.5. The second kappa shape index (κ2) is 13.3. The number of piperidine rings is 1. The quantitative estimate of drug-likeness (QED) is 0.291. The molecule has 2 amide bonds. The molecule has 10 nitrogen and oxygen atoms in total.